The molecule has 4 nitrogen and oxygen atoms in total. The first-order valence-corrected chi connectivity index (χ1v) is 14.4. The fraction of sp³-hybridized carbons (Fsp3) is 0.132. The summed E-state index contributed by atoms with van der Waals surface area (Å²) in [6.07, 6.45) is 0.608. The number of benzene rings is 5. The second-order valence-corrected chi connectivity index (χ2v) is 11.1. The van der Waals surface area contributed by atoms with Crippen LogP contribution in [0.4, 0.5) is 5.69 Å². The lowest BCUT2D eigenvalue weighted by Crippen LogP contribution is -2.51. The van der Waals surface area contributed by atoms with Gasteiger partial charge in [-0.15, -0.1) is 0 Å². The van der Waals surface area contributed by atoms with E-state index in [9.17, 15) is 0 Å². The van der Waals surface area contributed by atoms with Crippen molar-refractivity contribution in [3.63, 3.8) is 0 Å². The number of anilines is 1. The number of carbonyl (C=O) groups is 1. The summed E-state index contributed by atoms with van der Waals surface area (Å²) in [5.41, 5.74) is 6.72. The van der Waals surface area contributed by atoms with Gasteiger partial charge in [0.15, 0.2) is 0 Å². The predicted molar refractivity (Wildman–Crippen MR) is 170 cm³/mol. The molecule has 42 heavy (non-hydrogen) atoms. The van der Waals surface area contributed by atoms with Crippen molar-refractivity contribution in [1.29, 1.82) is 0 Å². The topological polar surface area (TPSA) is 45.0 Å². The number of aryl methyl sites for hydroxylation is 1. The van der Waals surface area contributed by atoms with E-state index < -0.39 is 11.5 Å². The van der Waals surface area contributed by atoms with Crippen molar-refractivity contribution in [2.45, 2.75) is 25.3 Å². The first kappa shape index (κ1) is 25.8. The fourth-order valence-electron chi connectivity index (χ4n) is 6.53. The van der Waals surface area contributed by atoms with Gasteiger partial charge in [-0.3, -0.25) is 9.79 Å². The van der Waals surface area contributed by atoms with Gasteiger partial charge in [0.1, 0.15) is 5.41 Å². The molecule has 0 N–H and O–H groups in total. The van der Waals surface area contributed by atoms with E-state index in [1.54, 1.807) is 5.01 Å². The van der Waals surface area contributed by atoms with Crippen molar-refractivity contribution in [2.75, 3.05) is 5.01 Å². The first-order chi connectivity index (χ1) is 20.7. The molecule has 0 aliphatic carbocycles. The van der Waals surface area contributed by atoms with Gasteiger partial charge in [0.2, 0.25) is 0 Å². The number of hydrazone groups is 1. The Labute approximate surface area is 246 Å². The Kier molecular flexibility index (Phi) is 6.59. The Morgan fingerprint density at radius 1 is 0.643 bits per heavy atom. The zero-order chi connectivity index (χ0) is 28.5. The molecule has 0 unspecified atom stereocenters. The molecule has 0 saturated heterocycles. The average Bonchev–Trinajstić information content (AvgIpc) is 3.36. The minimum absolute atomic E-state index is 0.0529. The first-order valence-electron chi connectivity index (χ1n) is 14.4. The summed E-state index contributed by atoms with van der Waals surface area (Å²) in [7, 11) is 0. The molecule has 2 aliphatic heterocycles. The van der Waals surface area contributed by atoms with E-state index in [2.05, 4.69) is 79.7 Å². The summed E-state index contributed by atoms with van der Waals surface area (Å²) < 4.78 is 0. The maximum atomic E-state index is 15.3. The number of aliphatic imine (C=N–C) groups is 1. The number of hydrogen-bond donors (Lipinski definition) is 0. The van der Waals surface area contributed by atoms with E-state index in [0.29, 0.717) is 6.42 Å². The number of amides is 1. The van der Waals surface area contributed by atoms with Crippen LogP contribution in [0.15, 0.2) is 156 Å². The number of nitrogens with zero attached hydrogens (tertiary/aromatic N) is 3. The van der Waals surface area contributed by atoms with E-state index >= 15 is 4.79 Å². The van der Waals surface area contributed by atoms with Crippen LogP contribution in [0.1, 0.15) is 46.2 Å². The largest absolute Gasteiger partial charge is 0.279 e. The van der Waals surface area contributed by atoms with Crippen molar-refractivity contribution >= 4 is 23.0 Å². The van der Waals surface area contributed by atoms with Crippen molar-refractivity contribution in [2.24, 2.45) is 15.5 Å². The van der Waals surface area contributed by atoms with Crippen LogP contribution in [-0.4, -0.2) is 17.3 Å². The second-order valence-electron chi connectivity index (χ2n) is 11.1. The number of rotatable bonds is 5. The van der Waals surface area contributed by atoms with Crippen LogP contribution in [0, 0.1) is 12.3 Å². The highest BCUT2D eigenvalue weighted by Gasteiger charge is 2.63. The van der Waals surface area contributed by atoms with Gasteiger partial charge in [0, 0.05) is 11.6 Å². The van der Waals surface area contributed by atoms with Crippen LogP contribution in [-0.2, 0) is 4.79 Å². The summed E-state index contributed by atoms with van der Waals surface area (Å²) in [6.45, 7) is 2.10. The molecule has 0 radical (unpaired) electrons. The van der Waals surface area contributed by atoms with Gasteiger partial charge in [-0.05, 0) is 47.7 Å². The molecule has 0 fully saturated rings. The van der Waals surface area contributed by atoms with E-state index in [-0.39, 0.29) is 11.8 Å². The highest BCUT2D eigenvalue weighted by Crippen LogP contribution is 2.58. The second kappa shape index (κ2) is 10.7. The smallest absolute Gasteiger partial charge is 0.262 e. The van der Waals surface area contributed by atoms with Gasteiger partial charge < -0.3 is 0 Å². The van der Waals surface area contributed by atoms with Crippen molar-refractivity contribution in [3.05, 3.63) is 173 Å². The van der Waals surface area contributed by atoms with E-state index in [1.807, 2.05) is 72.8 Å². The molecule has 4 heteroatoms. The van der Waals surface area contributed by atoms with Gasteiger partial charge in [-0.25, -0.2) is 0 Å². The van der Waals surface area contributed by atoms with Crippen LogP contribution in [0.25, 0.3) is 0 Å². The number of carbonyl (C=O) groups excluding carboxylic acids is 1. The lowest BCUT2D eigenvalue weighted by atomic mass is 9.58. The third kappa shape index (κ3) is 4.27. The van der Waals surface area contributed by atoms with Crippen LogP contribution < -0.4 is 5.01 Å². The standard InChI is InChI=1S/C38H31N3O/c1-27-22-24-28(25-23-27)33-26-34(29-14-6-2-7-15-29)39-35(30-16-8-3-9-17-30)38(33)36(31-18-10-4-11-19-31)40-41(37(38)42)32-20-12-5-13-21-32/h2-25,33,35H,26H2,1H3/t33-,35+,38+/m1/s1. The van der Waals surface area contributed by atoms with Crippen LogP contribution in [0.3, 0.4) is 0 Å². The van der Waals surface area contributed by atoms with Crippen LogP contribution >= 0.6 is 0 Å². The summed E-state index contributed by atoms with van der Waals surface area (Å²) in [4.78, 5) is 20.8. The fourth-order valence-corrected chi connectivity index (χ4v) is 6.53. The molecule has 5 aromatic carbocycles. The molecule has 1 spiro atoms. The third-order valence-corrected chi connectivity index (χ3v) is 8.55. The molecule has 3 atom stereocenters. The number of hydrogen-bond acceptors (Lipinski definition) is 3. The predicted octanol–water partition coefficient (Wildman–Crippen LogP) is 8.15. The van der Waals surface area contributed by atoms with Gasteiger partial charge >= 0.3 is 0 Å². The Morgan fingerprint density at radius 2 is 1.19 bits per heavy atom. The molecule has 2 aliphatic rings. The van der Waals surface area contributed by atoms with Gasteiger partial charge in [-0.2, -0.15) is 10.1 Å². The molecular weight excluding hydrogens is 514 g/mol. The highest BCUT2D eigenvalue weighted by atomic mass is 16.2. The van der Waals surface area contributed by atoms with Gasteiger partial charge in [0.05, 0.1) is 17.4 Å². The number of para-hydroxylation sites is 1. The molecule has 2 heterocycles. The van der Waals surface area contributed by atoms with Crippen LogP contribution in [0.2, 0.25) is 0 Å². The maximum absolute atomic E-state index is 15.3. The molecule has 0 bridgehead atoms. The molecule has 0 saturated carbocycles. The summed E-state index contributed by atoms with van der Waals surface area (Å²) in [5, 5.41) is 6.80. The van der Waals surface area contributed by atoms with Crippen molar-refractivity contribution in [1.82, 2.24) is 0 Å². The summed E-state index contributed by atoms with van der Waals surface area (Å²) >= 11 is 0. The zero-order valence-corrected chi connectivity index (χ0v) is 23.5. The van der Waals surface area contributed by atoms with E-state index in [4.69, 9.17) is 10.1 Å². The Morgan fingerprint density at radius 3 is 1.81 bits per heavy atom. The highest BCUT2D eigenvalue weighted by molar-refractivity contribution is 6.27. The quantitative estimate of drug-likeness (QED) is 0.220. The molecule has 1 amide bonds. The van der Waals surface area contributed by atoms with Crippen LogP contribution in [0.5, 0.6) is 0 Å². The lowest BCUT2D eigenvalue weighted by molar-refractivity contribution is -0.126. The molecule has 0 aromatic heterocycles. The van der Waals surface area contributed by atoms with E-state index in [0.717, 1.165) is 39.4 Å². The Bertz CT molecular complexity index is 1760. The minimum Gasteiger partial charge on any atom is -0.279 e. The lowest BCUT2D eigenvalue weighted by Gasteiger charge is -2.45. The minimum atomic E-state index is -1.08. The summed E-state index contributed by atoms with van der Waals surface area (Å²) in [5.74, 6) is -0.265. The summed E-state index contributed by atoms with van der Waals surface area (Å²) in [6, 6.07) is 48.7. The molecule has 5 aromatic rings. The average molecular weight is 546 g/mol. The van der Waals surface area contributed by atoms with Gasteiger partial charge in [0.25, 0.3) is 5.91 Å². The van der Waals surface area contributed by atoms with E-state index in [1.165, 1.54) is 5.56 Å². The molecule has 7 rings (SSSR count). The zero-order valence-electron chi connectivity index (χ0n) is 23.5. The maximum Gasteiger partial charge on any atom is 0.262 e. The molecular formula is C38H31N3O. The monoisotopic (exact) mass is 545 g/mol. The van der Waals surface area contributed by atoms with Crippen molar-refractivity contribution in [3.8, 4) is 0 Å². The Balaban J connectivity index is 1.55. The normalized spacial score (nSPS) is 21.7. The SMILES string of the molecule is Cc1ccc([C@H]2CC(c3ccccc3)=N[C@@H](c3ccccc3)[C@@]23C(=O)N(c2ccccc2)N=C3c2ccccc2)cc1. The third-order valence-electron chi connectivity index (χ3n) is 8.55. The Hall–Kier alpha value is -5.09. The van der Waals surface area contributed by atoms with Gasteiger partial charge in [-0.1, -0.05) is 139 Å². The van der Waals surface area contributed by atoms with Crippen molar-refractivity contribution < 1.29 is 4.79 Å². The molecule has 204 valence electrons.